The topological polar surface area (TPSA) is 58.4 Å². The molecule has 3 rings (SSSR count). The number of hydrogen-bond acceptors (Lipinski definition) is 3. The van der Waals surface area contributed by atoms with Gasteiger partial charge >= 0.3 is 0 Å². The molecule has 1 aliphatic heterocycles. The largest absolute Gasteiger partial charge is 0.399 e. The van der Waals surface area contributed by atoms with E-state index in [1.807, 2.05) is 12.1 Å². The molecule has 2 fully saturated rings. The minimum absolute atomic E-state index is 0.0553. The molecule has 1 heterocycles. The number of rotatable bonds is 8. The molecule has 1 aromatic rings. The highest BCUT2D eigenvalue weighted by molar-refractivity contribution is 5.73. The average molecular weight is 329 g/mol. The minimum atomic E-state index is 0.0553. The second-order valence-electron chi connectivity index (χ2n) is 7.61. The Morgan fingerprint density at radius 2 is 2.04 bits per heavy atom. The number of carbonyl (C=O) groups is 1. The van der Waals surface area contributed by atoms with E-state index in [4.69, 9.17) is 5.73 Å². The second-order valence-corrected chi connectivity index (χ2v) is 7.61. The van der Waals surface area contributed by atoms with E-state index in [0.29, 0.717) is 11.8 Å². The first kappa shape index (κ1) is 17.3. The van der Waals surface area contributed by atoms with Crippen LogP contribution in [-0.2, 0) is 10.2 Å². The number of nitrogen functional groups attached to an aromatic ring is 1. The zero-order chi connectivity index (χ0) is 17.2. The summed E-state index contributed by atoms with van der Waals surface area (Å²) in [4.78, 5) is 14.1. The normalized spacial score (nSPS) is 28.6. The van der Waals surface area contributed by atoms with Gasteiger partial charge in [0.2, 0.25) is 5.91 Å². The molecule has 132 valence electrons. The van der Waals surface area contributed by atoms with Gasteiger partial charge in [-0.3, -0.25) is 4.79 Å². The van der Waals surface area contributed by atoms with Crippen LogP contribution in [-0.4, -0.2) is 37.0 Å². The van der Waals surface area contributed by atoms with Gasteiger partial charge in [-0.15, -0.1) is 0 Å². The molecule has 0 aromatic heterocycles. The molecule has 4 nitrogen and oxygen atoms in total. The van der Waals surface area contributed by atoms with Crippen LogP contribution < -0.4 is 11.1 Å². The van der Waals surface area contributed by atoms with Gasteiger partial charge in [0.15, 0.2) is 0 Å². The molecular weight excluding hydrogens is 298 g/mol. The van der Waals surface area contributed by atoms with Gasteiger partial charge in [0.25, 0.3) is 0 Å². The van der Waals surface area contributed by atoms with Gasteiger partial charge in [-0.05, 0) is 42.5 Å². The lowest BCUT2D eigenvalue weighted by Crippen LogP contribution is -2.38. The van der Waals surface area contributed by atoms with Crippen molar-refractivity contribution in [3.05, 3.63) is 29.8 Å². The van der Waals surface area contributed by atoms with Gasteiger partial charge in [0.1, 0.15) is 0 Å². The quantitative estimate of drug-likeness (QED) is 0.569. The summed E-state index contributed by atoms with van der Waals surface area (Å²) in [5, 5.41) is 3.07. The number of amides is 1. The molecule has 4 heteroatoms. The van der Waals surface area contributed by atoms with E-state index in [9.17, 15) is 4.79 Å². The third-order valence-electron chi connectivity index (χ3n) is 5.99. The smallest absolute Gasteiger partial charge is 0.216 e. The fourth-order valence-electron chi connectivity index (χ4n) is 4.65. The Morgan fingerprint density at radius 3 is 2.67 bits per heavy atom. The number of benzene rings is 1. The van der Waals surface area contributed by atoms with Gasteiger partial charge in [0.05, 0.1) is 0 Å². The second kappa shape index (κ2) is 7.14. The molecule has 1 aliphatic carbocycles. The van der Waals surface area contributed by atoms with Crippen molar-refractivity contribution in [1.29, 1.82) is 0 Å². The summed E-state index contributed by atoms with van der Waals surface area (Å²) in [6, 6.07) is 8.26. The molecule has 0 spiro atoms. The van der Waals surface area contributed by atoms with Crippen molar-refractivity contribution in [1.82, 2.24) is 10.2 Å². The summed E-state index contributed by atoms with van der Waals surface area (Å²) in [5.74, 6) is 1.36. The van der Waals surface area contributed by atoms with Crippen molar-refractivity contribution in [3.63, 3.8) is 0 Å². The zero-order valence-corrected chi connectivity index (χ0v) is 15.1. The first-order valence-corrected chi connectivity index (χ1v) is 9.40. The lowest BCUT2D eigenvalue weighted by molar-refractivity contribution is -0.119. The Morgan fingerprint density at radius 1 is 1.29 bits per heavy atom. The van der Waals surface area contributed by atoms with Crippen molar-refractivity contribution in [3.8, 4) is 0 Å². The Balaban J connectivity index is 1.65. The maximum atomic E-state index is 11.5. The molecule has 0 radical (unpaired) electrons. The Labute approximate surface area is 145 Å². The zero-order valence-electron chi connectivity index (χ0n) is 15.1. The van der Waals surface area contributed by atoms with Crippen molar-refractivity contribution in [2.45, 2.75) is 44.9 Å². The van der Waals surface area contributed by atoms with Gasteiger partial charge < -0.3 is 16.0 Å². The van der Waals surface area contributed by atoms with E-state index in [1.165, 1.54) is 37.8 Å². The molecule has 1 saturated heterocycles. The highest BCUT2D eigenvalue weighted by atomic mass is 16.1. The number of hydrogen-bond donors (Lipinski definition) is 2. The van der Waals surface area contributed by atoms with Crippen molar-refractivity contribution in [2.75, 3.05) is 31.9 Å². The van der Waals surface area contributed by atoms with E-state index < -0.39 is 0 Å². The first-order chi connectivity index (χ1) is 11.6. The van der Waals surface area contributed by atoms with E-state index in [0.717, 1.165) is 25.3 Å². The predicted octanol–water partition coefficient (Wildman–Crippen LogP) is 2.78. The van der Waals surface area contributed by atoms with Crippen molar-refractivity contribution >= 4 is 11.6 Å². The number of nitrogens with one attached hydrogen (secondary N) is 1. The standard InChI is InChI=1S/C20H31N3O/c1-3-4-5-6-10-23-12-18-19(13-23)20(18,14-22-15(2)24)16-8-7-9-17(21)11-16/h7-9,11,18-19H,3-6,10,12-14,21H2,1-2H3,(H,22,24). The maximum Gasteiger partial charge on any atom is 0.216 e. The summed E-state index contributed by atoms with van der Waals surface area (Å²) in [5.41, 5.74) is 8.23. The number of piperidine rings is 1. The van der Waals surface area contributed by atoms with Gasteiger partial charge in [-0.1, -0.05) is 38.3 Å². The first-order valence-electron chi connectivity index (χ1n) is 9.40. The van der Waals surface area contributed by atoms with Crippen LogP contribution in [0.1, 0.15) is 45.1 Å². The number of anilines is 1. The molecule has 1 aromatic carbocycles. The fraction of sp³-hybridized carbons (Fsp3) is 0.650. The Kier molecular flexibility index (Phi) is 5.14. The van der Waals surface area contributed by atoms with Crippen LogP contribution in [0, 0.1) is 11.8 Å². The third kappa shape index (κ3) is 3.30. The molecule has 1 saturated carbocycles. The molecule has 2 aliphatic rings. The summed E-state index contributed by atoms with van der Waals surface area (Å²) >= 11 is 0. The average Bonchev–Trinajstić information content (AvgIpc) is 2.93. The molecule has 2 unspecified atom stereocenters. The highest BCUT2D eigenvalue weighted by Crippen LogP contribution is 2.63. The molecule has 3 N–H and O–H groups in total. The molecule has 2 atom stereocenters. The number of unbranched alkanes of at least 4 members (excludes halogenated alkanes) is 3. The lowest BCUT2D eigenvalue weighted by Gasteiger charge is -2.27. The number of carbonyl (C=O) groups excluding carboxylic acids is 1. The van der Waals surface area contributed by atoms with Crippen LogP contribution in [0.2, 0.25) is 0 Å². The number of nitrogens with two attached hydrogens (primary N) is 1. The van der Waals surface area contributed by atoms with Crippen LogP contribution in [0.4, 0.5) is 5.69 Å². The molecule has 24 heavy (non-hydrogen) atoms. The fourth-order valence-corrected chi connectivity index (χ4v) is 4.65. The van der Waals surface area contributed by atoms with E-state index in [-0.39, 0.29) is 11.3 Å². The molecule has 0 bridgehead atoms. The minimum Gasteiger partial charge on any atom is -0.399 e. The summed E-state index contributed by atoms with van der Waals surface area (Å²) < 4.78 is 0. The molecule has 1 amide bonds. The van der Waals surface area contributed by atoms with Crippen LogP contribution in [0.25, 0.3) is 0 Å². The van der Waals surface area contributed by atoms with Gasteiger partial charge in [-0.25, -0.2) is 0 Å². The van der Waals surface area contributed by atoms with Crippen LogP contribution >= 0.6 is 0 Å². The lowest BCUT2D eigenvalue weighted by atomic mass is 9.89. The maximum absolute atomic E-state index is 11.5. The predicted molar refractivity (Wildman–Crippen MR) is 98.8 cm³/mol. The summed E-state index contributed by atoms with van der Waals surface area (Å²) in [7, 11) is 0. The highest BCUT2D eigenvalue weighted by Gasteiger charge is 2.68. The summed E-state index contributed by atoms with van der Waals surface area (Å²) in [6.07, 6.45) is 5.29. The van der Waals surface area contributed by atoms with E-state index in [2.05, 4.69) is 29.3 Å². The number of nitrogens with zero attached hydrogens (tertiary/aromatic N) is 1. The summed E-state index contributed by atoms with van der Waals surface area (Å²) in [6.45, 7) is 8.14. The number of fused-ring (bicyclic) bond motifs is 1. The van der Waals surface area contributed by atoms with E-state index in [1.54, 1.807) is 6.92 Å². The third-order valence-corrected chi connectivity index (χ3v) is 5.99. The van der Waals surface area contributed by atoms with Gasteiger partial charge in [-0.2, -0.15) is 0 Å². The van der Waals surface area contributed by atoms with Crippen LogP contribution in [0.5, 0.6) is 0 Å². The monoisotopic (exact) mass is 329 g/mol. The van der Waals surface area contributed by atoms with E-state index >= 15 is 0 Å². The van der Waals surface area contributed by atoms with Crippen LogP contribution in [0.3, 0.4) is 0 Å². The number of likely N-dealkylation sites (tertiary alicyclic amines) is 1. The van der Waals surface area contributed by atoms with Crippen molar-refractivity contribution in [2.24, 2.45) is 11.8 Å². The van der Waals surface area contributed by atoms with Crippen molar-refractivity contribution < 1.29 is 4.79 Å². The Hall–Kier alpha value is -1.55. The Bertz CT molecular complexity index is 574. The molecular formula is C20H31N3O. The van der Waals surface area contributed by atoms with Crippen LogP contribution in [0.15, 0.2) is 24.3 Å². The van der Waals surface area contributed by atoms with Gasteiger partial charge in [0, 0.05) is 37.7 Å². The SMILES string of the molecule is CCCCCCN1CC2C(C1)C2(CNC(C)=O)c1cccc(N)c1.